The van der Waals surface area contributed by atoms with Gasteiger partial charge >= 0.3 is 5.97 Å². The van der Waals surface area contributed by atoms with Gasteiger partial charge in [0.05, 0.1) is 0 Å². The molecule has 0 aromatic carbocycles. The lowest BCUT2D eigenvalue weighted by molar-refractivity contribution is 0.0690. The molecule has 0 unspecified atom stereocenters. The van der Waals surface area contributed by atoms with Gasteiger partial charge in [0, 0.05) is 22.4 Å². The van der Waals surface area contributed by atoms with Gasteiger partial charge in [0.1, 0.15) is 5.69 Å². The van der Waals surface area contributed by atoms with Crippen LogP contribution < -0.4 is 0 Å². The minimum Gasteiger partial charge on any atom is -0.477 e. The van der Waals surface area contributed by atoms with E-state index in [0.717, 1.165) is 16.2 Å². The van der Waals surface area contributed by atoms with Crippen molar-refractivity contribution in [3.8, 4) is 0 Å². The fourth-order valence-electron chi connectivity index (χ4n) is 0.847. The summed E-state index contributed by atoms with van der Waals surface area (Å²) in [4.78, 5) is 15.3. The molecule has 1 aromatic rings. The minimum absolute atomic E-state index is 0.0625. The standard InChI is InChI=1S/C10H10ClNO2S/c1-7(5-11)6-15-8-2-3-12-9(4-8)10(13)14/h2-5H,6H2,1H3,(H,13,14)/b7-5-. The van der Waals surface area contributed by atoms with Crippen molar-refractivity contribution in [3.05, 3.63) is 35.1 Å². The number of thioether (sulfide) groups is 1. The van der Waals surface area contributed by atoms with Crippen molar-refractivity contribution in [1.29, 1.82) is 0 Å². The lowest BCUT2D eigenvalue weighted by Gasteiger charge is -2.01. The van der Waals surface area contributed by atoms with Gasteiger partial charge in [-0.25, -0.2) is 9.78 Å². The van der Waals surface area contributed by atoms with Gasteiger partial charge in [-0.3, -0.25) is 0 Å². The first-order valence-electron chi connectivity index (χ1n) is 4.21. The quantitative estimate of drug-likeness (QED) is 0.826. The summed E-state index contributed by atoms with van der Waals surface area (Å²) >= 11 is 7.05. The number of carboxylic acid groups (broad SMARTS) is 1. The largest absolute Gasteiger partial charge is 0.477 e. The topological polar surface area (TPSA) is 50.2 Å². The Bertz CT molecular complexity index is 393. The number of carboxylic acids is 1. The molecule has 0 spiro atoms. The highest BCUT2D eigenvalue weighted by atomic mass is 35.5. The predicted molar refractivity (Wildman–Crippen MR) is 61.5 cm³/mol. The number of aromatic nitrogens is 1. The Hall–Kier alpha value is -1.00. The van der Waals surface area contributed by atoms with Gasteiger partial charge in [-0.1, -0.05) is 17.2 Å². The molecule has 0 fully saturated rings. The Morgan fingerprint density at radius 2 is 2.47 bits per heavy atom. The third kappa shape index (κ3) is 3.93. The maximum atomic E-state index is 10.6. The SMILES string of the molecule is C/C(=C/Cl)CSc1ccnc(C(=O)O)c1. The molecule has 1 rings (SSSR count). The Kier molecular flexibility index (Phi) is 4.65. The predicted octanol–water partition coefficient (Wildman–Crippen LogP) is 3.01. The molecule has 0 amide bonds. The molecule has 0 aliphatic carbocycles. The third-order valence-corrected chi connectivity index (χ3v) is 3.16. The number of aromatic carboxylic acids is 1. The summed E-state index contributed by atoms with van der Waals surface area (Å²) in [5.74, 6) is -0.269. The normalized spacial score (nSPS) is 11.5. The highest BCUT2D eigenvalue weighted by molar-refractivity contribution is 7.99. The van der Waals surface area contributed by atoms with Crippen LogP contribution in [0, 0.1) is 0 Å². The molecule has 0 saturated carbocycles. The zero-order chi connectivity index (χ0) is 11.3. The molecule has 15 heavy (non-hydrogen) atoms. The van der Waals surface area contributed by atoms with E-state index in [1.807, 2.05) is 6.92 Å². The molecule has 5 heteroatoms. The monoisotopic (exact) mass is 243 g/mol. The van der Waals surface area contributed by atoms with Gasteiger partial charge in [0.15, 0.2) is 0 Å². The van der Waals surface area contributed by atoms with Gasteiger partial charge in [-0.05, 0) is 19.1 Å². The molecule has 0 bridgehead atoms. The second kappa shape index (κ2) is 5.78. The molecule has 80 valence electrons. The number of carbonyl (C=O) groups is 1. The van der Waals surface area contributed by atoms with Crippen LogP contribution in [0.3, 0.4) is 0 Å². The summed E-state index contributed by atoms with van der Waals surface area (Å²) in [6.45, 7) is 1.92. The molecule has 1 heterocycles. The van der Waals surface area contributed by atoms with Crippen LogP contribution in [0.15, 0.2) is 34.3 Å². The van der Waals surface area contributed by atoms with Crippen LogP contribution in [-0.2, 0) is 0 Å². The van der Waals surface area contributed by atoms with Crippen molar-refractivity contribution < 1.29 is 9.90 Å². The van der Waals surface area contributed by atoms with Crippen molar-refractivity contribution in [2.45, 2.75) is 11.8 Å². The summed E-state index contributed by atoms with van der Waals surface area (Å²) in [6, 6.07) is 3.33. The van der Waals surface area contributed by atoms with Crippen molar-refractivity contribution in [2.24, 2.45) is 0 Å². The van der Waals surface area contributed by atoms with E-state index in [9.17, 15) is 4.79 Å². The average Bonchev–Trinajstić information content (AvgIpc) is 2.26. The van der Waals surface area contributed by atoms with E-state index in [1.54, 1.807) is 12.1 Å². The summed E-state index contributed by atoms with van der Waals surface area (Å²) in [6.07, 6.45) is 1.49. The van der Waals surface area contributed by atoms with E-state index in [1.165, 1.54) is 23.5 Å². The summed E-state index contributed by atoms with van der Waals surface area (Å²) in [7, 11) is 0. The highest BCUT2D eigenvalue weighted by Gasteiger charge is 2.05. The van der Waals surface area contributed by atoms with Crippen LogP contribution in [-0.4, -0.2) is 21.8 Å². The molecule has 1 aromatic heterocycles. The van der Waals surface area contributed by atoms with Crippen molar-refractivity contribution in [3.63, 3.8) is 0 Å². The smallest absolute Gasteiger partial charge is 0.354 e. The number of pyridine rings is 1. The van der Waals surface area contributed by atoms with E-state index in [2.05, 4.69) is 4.98 Å². The first-order valence-corrected chi connectivity index (χ1v) is 5.63. The minimum atomic E-state index is -1.01. The maximum absolute atomic E-state index is 10.6. The molecule has 0 aliphatic rings. The molecule has 0 saturated heterocycles. The van der Waals surface area contributed by atoms with Crippen molar-refractivity contribution in [2.75, 3.05) is 5.75 Å². The average molecular weight is 244 g/mol. The Balaban J connectivity index is 2.70. The Morgan fingerprint density at radius 1 is 1.73 bits per heavy atom. The van der Waals surface area contributed by atoms with E-state index in [-0.39, 0.29) is 5.69 Å². The van der Waals surface area contributed by atoms with E-state index < -0.39 is 5.97 Å². The summed E-state index contributed by atoms with van der Waals surface area (Å²) < 4.78 is 0. The molecular formula is C10H10ClNO2S. The zero-order valence-electron chi connectivity index (χ0n) is 8.11. The fourth-order valence-corrected chi connectivity index (χ4v) is 1.84. The number of halogens is 1. The van der Waals surface area contributed by atoms with Crippen molar-refractivity contribution in [1.82, 2.24) is 4.98 Å². The van der Waals surface area contributed by atoms with Crippen LogP contribution in [0.4, 0.5) is 0 Å². The van der Waals surface area contributed by atoms with Crippen LogP contribution in [0.1, 0.15) is 17.4 Å². The van der Waals surface area contributed by atoms with E-state index >= 15 is 0 Å². The van der Waals surface area contributed by atoms with E-state index in [4.69, 9.17) is 16.7 Å². The first-order chi connectivity index (χ1) is 7.13. The van der Waals surface area contributed by atoms with Gasteiger partial charge in [-0.15, -0.1) is 11.8 Å². The Labute approximate surface area is 97.2 Å². The molecule has 0 radical (unpaired) electrons. The molecule has 3 nitrogen and oxygen atoms in total. The molecular weight excluding hydrogens is 234 g/mol. The van der Waals surface area contributed by atoms with Gasteiger partial charge in [0.2, 0.25) is 0 Å². The highest BCUT2D eigenvalue weighted by Crippen LogP contribution is 2.20. The second-order valence-electron chi connectivity index (χ2n) is 2.93. The van der Waals surface area contributed by atoms with Crippen LogP contribution in [0.5, 0.6) is 0 Å². The Morgan fingerprint density at radius 3 is 3.07 bits per heavy atom. The first kappa shape index (κ1) is 12.1. The van der Waals surface area contributed by atoms with Crippen LogP contribution >= 0.6 is 23.4 Å². The fraction of sp³-hybridized carbons (Fsp3) is 0.200. The maximum Gasteiger partial charge on any atom is 0.354 e. The molecule has 0 aliphatic heterocycles. The van der Waals surface area contributed by atoms with Gasteiger partial charge in [0.25, 0.3) is 0 Å². The number of rotatable bonds is 4. The number of hydrogen-bond donors (Lipinski definition) is 1. The molecule has 1 N–H and O–H groups in total. The lowest BCUT2D eigenvalue weighted by atomic mass is 10.3. The van der Waals surface area contributed by atoms with Crippen molar-refractivity contribution >= 4 is 29.3 Å². The van der Waals surface area contributed by atoms with E-state index in [0.29, 0.717) is 0 Å². The summed E-state index contributed by atoms with van der Waals surface area (Å²) in [5, 5.41) is 8.73. The lowest BCUT2D eigenvalue weighted by Crippen LogP contribution is -1.99. The van der Waals surface area contributed by atoms with Crippen LogP contribution in [0.2, 0.25) is 0 Å². The summed E-state index contributed by atoms with van der Waals surface area (Å²) in [5.41, 5.74) is 2.62. The van der Waals surface area contributed by atoms with Crippen LogP contribution in [0.25, 0.3) is 0 Å². The third-order valence-electron chi connectivity index (χ3n) is 1.60. The number of hydrogen-bond acceptors (Lipinski definition) is 3. The van der Waals surface area contributed by atoms with Gasteiger partial charge in [-0.2, -0.15) is 0 Å². The van der Waals surface area contributed by atoms with Gasteiger partial charge < -0.3 is 5.11 Å². The zero-order valence-corrected chi connectivity index (χ0v) is 9.68. The second-order valence-corrected chi connectivity index (χ2v) is 4.19. The molecule has 0 atom stereocenters. The number of nitrogens with zero attached hydrogens (tertiary/aromatic N) is 1.